The Hall–Kier alpha value is -0.570. The van der Waals surface area contributed by atoms with E-state index >= 15 is 0 Å². The van der Waals surface area contributed by atoms with Gasteiger partial charge in [0.05, 0.1) is 24.6 Å². The van der Waals surface area contributed by atoms with Crippen LogP contribution in [0.5, 0.6) is 0 Å². The Balaban J connectivity index is 2.54. The van der Waals surface area contributed by atoms with E-state index in [1.807, 2.05) is 0 Å². The molecule has 3 nitrogen and oxygen atoms in total. The van der Waals surface area contributed by atoms with Crippen molar-refractivity contribution < 1.29 is 4.74 Å². The quantitative estimate of drug-likeness (QED) is 0.421. The van der Waals surface area contributed by atoms with Crippen molar-refractivity contribution >= 4 is 5.84 Å². The molecule has 0 amide bonds. The Morgan fingerprint density at radius 2 is 1.77 bits per heavy atom. The van der Waals surface area contributed by atoms with Gasteiger partial charge in [-0.05, 0) is 27.7 Å². The van der Waals surface area contributed by atoms with Crippen LogP contribution in [0.1, 0.15) is 27.7 Å². The molecule has 1 aliphatic heterocycles. The second-order valence-electron chi connectivity index (χ2n) is 4.43. The van der Waals surface area contributed by atoms with Gasteiger partial charge in [-0.2, -0.15) is 0 Å². The summed E-state index contributed by atoms with van der Waals surface area (Å²) in [5.74, 6) is 1.14. The van der Waals surface area contributed by atoms with Crippen LogP contribution in [0.2, 0.25) is 0 Å². The smallest absolute Gasteiger partial charge is 0.0965 e. The van der Waals surface area contributed by atoms with E-state index < -0.39 is 0 Å². The fraction of sp³-hybridized carbons (Fsp3) is 0.900. The van der Waals surface area contributed by atoms with Crippen molar-refractivity contribution in [2.24, 2.45) is 4.99 Å². The van der Waals surface area contributed by atoms with Gasteiger partial charge in [0.2, 0.25) is 0 Å². The number of ether oxygens (including phenoxy) is 1. The summed E-state index contributed by atoms with van der Waals surface area (Å²) >= 11 is 0. The van der Waals surface area contributed by atoms with Crippen LogP contribution in [-0.2, 0) is 4.74 Å². The molecule has 1 rings (SSSR count). The lowest BCUT2D eigenvalue weighted by atomic mass is 10.1. The molecule has 1 saturated heterocycles. The maximum atomic E-state index is 5.28. The molecule has 0 unspecified atom stereocenters. The summed E-state index contributed by atoms with van der Waals surface area (Å²) in [4.78, 5) is 6.91. The average Bonchev–Trinajstić information content (AvgIpc) is 2.03. The fourth-order valence-corrected chi connectivity index (χ4v) is 1.44. The normalized spacial score (nSPS) is 20.6. The monoisotopic (exact) mass is 184 g/mol. The topological polar surface area (TPSA) is 24.8 Å². The zero-order valence-corrected chi connectivity index (χ0v) is 9.13. The lowest BCUT2D eigenvalue weighted by molar-refractivity contribution is 0.0674. The third-order valence-corrected chi connectivity index (χ3v) is 1.97. The number of nitrogens with zero attached hydrogens (tertiary/aromatic N) is 2. The predicted octanol–water partition coefficient (Wildman–Crippen LogP) is 1.54. The molecule has 0 aromatic carbocycles. The second-order valence-corrected chi connectivity index (χ2v) is 4.43. The highest BCUT2D eigenvalue weighted by atomic mass is 16.5. The molecule has 1 heterocycles. The van der Waals surface area contributed by atoms with E-state index in [9.17, 15) is 0 Å². The largest absolute Gasteiger partial charge is 0.378 e. The number of amidine groups is 1. The van der Waals surface area contributed by atoms with Crippen molar-refractivity contribution in [3.63, 3.8) is 0 Å². The number of morpholine rings is 1. The summed E-state index contributed by atoms with van der Waals surface area (Å²) in [6.45, 7) is 12.1. The summed E-state index contributed by atoms with van der Waals surface area (Å²) in [5, 5.41) is 0. The van der Waals surface area contributed by atoms with Crippen molar-refractivity contribution in [2.75, 3.05) is 26.3 Å². The SMILES string of the molecule is CC(=NC(C)(C)C)N1CCOCC1. The summed E-state index contributed by atoms with van der Waals surface area (Å²) in [6.07, 6.45) is 0. The molecule has 0 aliphatic carbocycles. The van der Waals surface area contributed by atoms with E-state index in [4.69, 9.17) is 4.74 Å². The Morgan fingerprint density at radius 3 is 2.23 bits per heavy atom. The molecule has 0 spiro atoms. The van der Waals surface area contributed by atoms with E-state index in [1.54, 1.807) is 0 Å². The highest BCUT2D eigenvalue weighted by molar-refractivity contribution is 5.80. The Kier molecular flexibility index (Phi) is 3.31. The zero-order chi connectivity index (χ0) is 9.90. The maximum absolute atomic E-state index is 5.28. The van der Waals surface area contributed by atoms with E-state index in [0.29, 0.717) is 0 Å². The number of hydrogen-bond acceptors (Lipinski definition) is 2. The number of hydrogen-bond donors (Lipinski definition) is 0. The van der Waals surface area contributed by atoms with Crippen LogP contribution in [0, 0.1) is 0 Å². The van der Waals surface area contributed by atoms with E-state index in [2.05, 4.69) is 37.6 Å². The molecular formula is C10H20N2O. The Bertz CT molecular complexity index is 188. The third-order valence-electron chi connectivity index (χ3n) is 1.97. The Labute approximate surface area is 80.8 Å². The van der Waals surface area contributed by atoms with E-state index in [1.165, 1.54) is 0 Å². The minimum Gasteiger partial charge on any atom is -0.378 e. The summed E-state index contributed by atoms with van der Waals surface area (Å²) in [6, 6.07) is 0. The van der Waals surface area contributed by atoms with E-state index in [-0.39, 0.29) is 5.54 Å². The molecule has 1 fully saturated rings. The minimum absolute atomic E-state index is 0.0301. The standard InChI is InChI=1S/C10H20N2O/c1-9(11-10(2,3)4)12-5-7-13-8-6-12/h5-8H2,1-4H3. The molecule has 13 heavy (non-hydrogen) atoms. The molecule has 0 saturated carbocycles. The number of rotatable bonds is 0. The zero-order valence-electron chi connectivity index (χ0n) is 9.13. The van der Waals surface area contributed by atoms with Gasteiger partial charge in [0.25, 0.3) is 0 Å². The van der Waals surface area contributed by atoms with Gasteiger partial charge in [0.15, 0.2) is 0 Å². The van der Waals surface area contributed by atoms with Gasteiger partial charge in [-0.1, -0.05) is 0 Å². The molecule has 0 atom stereocenters. The highest BCUT2D eigenvalue weighted by Crippen LogP contribution is 2.09. The van der Waals surface area contributed by atoms with Gasteiger partial charge >= 0.3 is 0 Å². The van der Waals surface area contributed by atoms with Gasteiger partial charge in [0.1, 0.15) is 0 Å². The minimum atomic E-state index is 0.0301. The van der Waals surface area contributed by atoms with Gasteiger partial charge in [-0.25, -0.2) is 0 Å². The van der Waals surface area contributed by atoms with Crippen molar-refractivity contribution in [1.29, 1.82) is 0 Å². The lowest BCUT2D eigenvalue weighted by Gasteiger charge is -2.30. The van der Waals surface area contributed by atoms with Gasteiger partial charge in [0, 0.05) is 13.1 Å². The van der Waals surface area contributed by atoms with Crippen LogP contribution in [0.4, 0.5) is 0 Å². The first-order valence-electron chi connectivity index (χ1n) is 4.88. The fourth-order valence-electron chi connectivity index (χ4n) is 1.44. The maximum Gasteiger partial charge on any atom is 0.0965 e. The average molecular weight is 184 g/mol. The van der Waals surface area contributed by atoms with Crippen LogP contribution >= 0.6 is 0 Å². The molecule has 0 aromatic heterocycles. The Morgan fingerprint density at radius 1 is 1.23 bits per heavy atom. The van der Waals surface area contributed by atoms with Crippen LogP contribution in [0.3, 0.4) is 0 Å². The van der Waals surface area contributed by atoms with Gasteiger partial charge in [-0.15, -0.1) is 0 Å². The second kappa shape index (κ2) is 4.09. The summed E-state index contributed by atoms with van der Waals surface area (Å²) in [7, 11) is 0. The first-order valence-corrected chi connectivity index (χ1v) is 4.88. The third kappa shape index (κ3) is 3.77. The van der Waals surface area contributed by atoms with Gasteiger partial charge < -0.3 is 9.64 Å². The predicted molar refractivity (Wildman–Crippen MR) is 55.3 cm³/mol. The summed E-state index contributed by atoms with van der Waals surface area (Å²) in [5.41, 5.74) is 0.0301. The van der Waals surface area contributed by atoms with Crippen LogP contribution < -0.4 is 0 Å². The molecule has 0 aromatic rings. The van der Waals surface area contributed by atoms with Gasteiger partial charge in [-0.3, -0.25) is 4.99 Å². The van der Waals surface area contributed by atoms with Crippen molar-refractivity contribution in [3.05, 3.63) is 0 Å². The molecule has 0 N–H and O–H groups in total. The molecule has 3 heteroatoms. The van der Waals surface area contributed by atoms with Crippen molar-refractivity contribution in [1.82, 2.24) is 4.90 Å². The highest BCUT2D eigenvalue weighted by Gasteiger charge is 2.14. The molecule has 76 valence electrons. The number of aliphatic imine (C=N–C) groups is 1. The van der Waals surface area contributed by atoms with Crippen LogP contribution in [0.25, 0.3) is 0 Å². The van der Waals surface area contributed by atoms with E-state index in [0.717, 1.165) is 32.1 Å². The lowest BCUT2D eigenvalue weighted by Crippen LogP contribution is -2.40. The van der Waals surface area contributed by atoms with Crippen molar-refractivity contribution in [3.8, 4) is 0 Å². The van der Waals surface area contributed by atoms with Crippen LogP contribution in [-0.4, -0.2) is 42.6 Å². The molecule has 0 radical (unpaired) electrons. The first kappa shape index (κ1) is 10.5. The molecule has 1 aliphatic rings. The molecular weight excluding hydrogens is 164 g/mol. The summed E-state index contributed by atoms with van der Waals surface area (Å²) < 4.78 is 5.28. The van der Waals surface area contributed by atoms with Crippen molar-refractivity contribution in [2.45, 2.75) is 33.2 Å². The molecule has 0 bridgehead atoms. The van der Waals surface area contributed by atoms with Crippen LogP contribution in [0.15, 0.2) is 4.99 Å². The first-order chi connectivity index (χ1) is 5.99.